The van der Waals surface area contributed by atoms with Crippen molar-refractivity contribution in [2.45, 2.75) is 13.1 Å². The van der Waals surface area contributed by atoms with Crippen LogP contribution in [0.2, 0.25) is 0 Å². The van der Waals surface area contributed by atoms with E-state index in [0.717, 1.165) is 9.86 Å². The summed E-state index contributed by atoms with van der Waals surface area (Å²) in [5.74, 6) is -0.196. The van der Waals surface area contributed by atoms with Gasteiger partial charge < -0.3 is 10.1 Å². The maximum Gasteiger partial charge on any atom is 0.274 e. The molecule has 0 saturated carbocycles. The highest BCUT2D eigenvalue weighted by atomic mass is 79.9. The van der Waals surface area contributed by atoms with Gasteiger partial charge in [-0.2, -0.15) is 5.10 Å². The van der Waals surface area contributed by atoms with Crippen LogP contribution in [0.5, 0.6) is 0 Å². The molecule has 1 aromatic heterocycles. The highest BCUT2D eigenvalue weighted by molar-refractivity contribution is 9.10. The maximum atomic E-state index is 12.5. The quantitative estimate of drug-likeness (QED) is 0.671. The van der Waals surface area contributed by atoms with Crippen LogP contribution in [0.3, 0.4) is 0 Å². The minimum atomic E-state index is -0.196. The molecule has 1 heterocycles. The van der Waals surface area contributed by atoms with Crippen molar-refractivity contribution in [3.8, 4) is 0 Å². The third kappa shape index (κ3) is 4.00. The molecule has 0 unspecified atom stereocenters. The van der Waals surface area contributed by atoms with E-state index in [2.05, 4.69) is 26.3 Å². The number of nitrogens with one attached hydrogen (secondary N) is 1. The molecule has 26 heavy (non-hydrogen) atoms. The molecule has 3 rings (SSSR count). The normalized spacial score (nSPS) is 10.8. The molecule has 0 aliphatic heterocycles. The van der Waals surface area contributed by atoms with Gasteiger partial charge in [-0.15, -0.1) is 0 Å². The number of rotatable bonds is 6. The van der Waals surface area contributed by atoms with Crippen LogP contribution in [0.1, 0.15) is 16.1 Å². The van der Waals surface area contributed by atoms with Gasteiger partial charge in [0, 0.05) is 22.5 Å². The summed E-state index contributed by atoms with van der Waals surface area (Å²) < 4.78 is 7.34. The first kappa shape index (κ1) is 18.3. The molecule has 6 nitrogen and oxygen atoms in total. The number of amides is 1. The van der Waals surface area contributed by atoms with Crippen molar-refractivity contribution in [3.05, 3.63) is 74.6 Å². The van der Waals surface area contributed by atoms with E-state index in [1.165, 1.54) is 4.68 Å². The Morgan fingerprint density at radius 3 is 2.54 bits per heavy atom. The average molecular weight is 416 g/mol. The number of halogens is 1. The van der Waals surface area contributed by atoms with E-state index in [1.807, 2.05) is 30.3 Å². The van der Waals surface area contributed by atoms with Crippen molar-refractivity contribution in [1.82, 2.24) is 15.1 Å². The van der Waals surface area contributed by atoms with Crippen LogP contribution >= 0.6 is 15.9 Å². The summed E-state index contributed by atoms with van der Waals surface area (Å²) >= 11 is 3.35. The minimum absolute atomic E-state index is 0.166. The lowest BCUT2D eigenvalue weighted by molar-refractivity contribution is 0.0950. The summed E-state index contributed by atoms with van der Waals surface area (Å²) in [7, 11) is 1.57. The summed E-state index contributed by atoms with van der Waals surface area (Å²) in [6.45, 7) is 0.965. The van der Waals surface area contributed by atoms with Gasteiger partial charge in [-0.05, 0) is 30.3 Å². The Kier molecular flexibility index (Phi) is 5.80. The Bertz CT molecular complexity index is 983. The zero-order chi connectivity index (χ0) is 18.5. The largest absolute Gasteiger partial charge is 0.383 e. The van der Waals surface area contributed by atoms with Gasteiger partial charge in [0.2, 0.25) is 0 Å². The Balaban J connectivity index is 1.88. The number of hydrogen-bond acceptors (Lipinski definition) is 4. The van der Waals surface area contributed by atoms with Gasteiger partial charge in [-0.1, -0.05) is 34.1 Å². The molecule has 0 atom stereocenters. The number of methoxy groups -OCH3 is 1. The monoisotopic (exact) mass is 415 g/mol. The number of carbonyl (C=O) groups excluding carboxylic acids is 1. The fourth-order valence-corrected chi connectivity index (χ4v) is 2.90. The molecule has 3 aromatic rings. The molecule has 0 spiro atoms. The number of hydrogen-bond donors (Lipinski definition) is 1. The molecule has 0 saturated heterocycles. The van der Waals surface area contributed by atoms with E-state index in [4.69, 9.17) is 4.74 Å². The molecule has 0 aliphatic rings. The average Bonchev–Trinajstić information content (AvgIpc) is 2.67. The summed E-state index contributed by atoms with van der Waals surface area (Å²) in [6, 6.07) is 14.4. The Hall–Kier alpha value is -2.51. The number of benzene rings is 2. The van der Waals surface area contributed by atoms with Crippen LogP contribution in [0, 0.1) is 0 Å². The molecule has 0 bridgehead atoms. The first-order valence-electron chi connectivity index (χ1n) is 8.11. The van der Waals surface area contributed by atoms with Crippen LogP contribution in [-0.4, -0.2) is 29.4 Å². The van der Waals surface area contributed by atoms with E-state index in [9.17, 15) is 9.59 Å². The second kappa shape index (κ2) is 8.25. The maximum absolute atomic E-state index is 12.5. The van der Waals surface area contributed by atoms with E-state index >= 15 is 0 Å². The predicted octanol–water partition coefficient (Wildman–Crippen LogP) is 2.74. The van der Waals surface area contributed by atoms with Crippen LogP contribution in [0.4, 0.5) is 0 Å². The standard InChI is InChI=1S/C19H18BrN3O3/c1-26-11-10-23-19(25)16-5-3-2-4-15(16)17(22-23)12-21-18(24)13-6-8-14(20)9-7-13/h2-9H,10-12H2,1H3,(H,21,24). The van der Waals surface area contributed by atoms with Crippen molar-refractivity contribution in [1.29, 1.82) is 0 Å². The Morgan fingerprint density at radius 2 is 1.85 bits per heavy atom. The number of fused-ring (bicyclic) bond motifs is 1. The Morgan fingerprint density at radius 1 is 1.15 bits per heavy atom. The number of nitrogens with zero attached hydrogens (tertiary/aromatic N) is 2. The van der Waals surface area contributed by atoms with E-state index in [0.29, 0.717) is 29.8 Å². The molecule has 0 aliphatic carbocycles. The molecule has 1 N–H and O–H groups in total. The molecule has 134 valence electrons. The third-order valence-electron chi connectivity index (χ3n) is 3.97. The van der Waals surface area contributed by atoms with E-state index in [1.54, 1.807) is 25.3 Å². The van der Waals surface area contributed by atoms with Crippen LogP contribution < -0.4 is 10.9 Å². The van der Waals surface area contributed by atoms with Crippen LogP contribution in [0.25, 0.3) is 10.8 Å². The van der Waals surface area contributed by atoms with Crippen LogP contribution in [-0.2, 0) is 17.8 Å². The van der Waals surface area contributed by atoms with Crippen molar-refractivity contribution in [2.24, 2.45) is 0 Å². The number of ether oxygens (including phenoxy) is 1. The highest BCUT2D eigenvalue weighted by Crippen LogP contribution is 2.14. The van der Waals surface area contributed by atoms with E-state index in [-0.39, 0.29) is 18.0 Å². The van der Waals surface area contributed by atoms with Gasteiger partial charge in [0.05, 0.1) is 30.8 Å². The SMILES string of the molecule is COCCn1nc(CNC(=O)c2ccc(Br)cc2)c2ccccc2c1=O. The van der Waals surface area contributed by atoms with Gasteiger partial charge in [-0.25, -0.2) is 4.68 Å². The van der Waals surface area contributed by atoms with Gasteiger partial charge in [0.25, 0.3) is 11.5 Å². The Labute approximate surface area is 158 Å². The molecule has 7 heteroatoms. The lowest BCUT2D eigenvalue weighted by Crippen LogP contribution is -2.29. The summed E-state index contributed by atoms with van der Waals surface area (Å²) in [6.07, 6.45) is 0. The smallest absolute Gasteiger partial charge is 0.274 e. The lowest BCUT2D eigenvalue weighted by atomic mass is 10.1. The first-order chi connectivity index (χ1) is 12.6. The molecule has 0 radical (unpaired) electrons. The zero-order valence-electron chi connectivity index (χ0n) is 14.2. The first-order valence-corrected chi connectivity index (χ1v) is 8.91. The molecular formula is C19H18BrN3O3. The highest BCUT2D eigenvalue weighted by Gasteiger charge is 2.12. The second-order valence-corrected chi connectivity index (χ2v) is 6.62. The van der Waals surface area contributed by atoms with Crippen molar-refractivity contribution < 1.29 is 9.53 Å². The van der Waals surface area contributed by atoms with Crippen LogP contribution in [0.15, 0.2) is 57.8 Å². The minimum Gasteiger partial charge on any atom is -0.383 e. The molecule has 1 amide bonds. The zero-order valence-corrected chi connectivity index (χ0v) is 15.8. The fourth-order valence-electron chi connectivity index (χ4n) is 2.63. The molecule has 0 fully saturated rings. The molecular weight excluding hydrogens is 398 g/mol. The van der Waals surface area contributed by atoms with Crippen molar-refractivity contribution >= 4 is 32.6 Å². The van der Waals surface area contributed by atoms with E-state index < -0.39 is 0 Å². The summed E-state index contributed by atoms with van der Waals surface area (Å²) in [4.78, 5) is 24.9. The predicted molar refractivity (Wildman–Crippen MR) is 103 cm³/mol. The van der Waals surface area contributed by atoms with Gasteiger partial charge >= 0.3 is 0 Å². The summed E-state index contributed by atoms with van der Waals surface area (Å²) in [5.41, 5.74) is 1.03. The van der Waals surface area contributed by atoms with Gasteiger partial charge in [0.1, 0.15) is 0 Å². The fraction of sp³-hybridized carbons (Fsp3) is 0.211. The van der Waals surface area contributed by atoms with Gasteiger partial charge in [0.15, 0.2) is 0 Å². The topological polar surface area (TPSA) is 73.2 Å². The third-order valence-corrected chi connectivity index (χ3v) is 4.50. The number of aromatic nitrogens is 2. The second-order valence-electron chi connectivity index (χ2n) is 5.70. The van der Waals surface area contributed by atoms with Crippen molar-refractivity contribution in [2.75, 3.05) is 13.7 Å². The molecule has 2 aromatic carbocycles. The van der Waals surface area contributed by atoms with Crippen molar-refractivity contribution in [3.63, 3.8) is 0 Å². The van der Waals surface area contributed by atoms with Gasteiger partial charge in [-0.3, -0.25) is 9.59 Å². The number of carbonyl (C=O) groups is 1. The summed E-state index contributed by atoms with van der Waals surface area (Å²) in [5, 5.41) is 8.60. The lowest BCUT2D eigenvalue weighted by Gasteiger charge is -2.11.